The molecule has 0 saturated carbocycles. The molecule has 57 valence electrons. The fourth-order valence-electron chi connectivity index (χ4n) is 0.986. The molecule has 0 spiro atoms. The van der Waals surface area contributed by atoms with Crippen LogP contribution in [0.4, 0.5) is 0 Å². The number of hydrogen-bond donors (Lipinski definition) is 0. The molecule has 1 rings (SSSR count). The molecule has 0 aromatic carbocycles. The normalized spacial score (nSPS) is 21.3. The van der Waals surface area contributed by atoms with Gasteiger partial charge < -0.3 is 4.74 Å². The first kappa shape index (κ1) is 7.98. The largest absolute Gasteiger partial charge is 0.379 e. The Morgan fingerprint density at radius 1 is 1.40 bits per heavy atom. The monoisotopic (exact) mass is 141 g/mol. The molecule has 0 amide bonds. The first-order valence-corrected chi connectivity index (χ1v) is 3.56. The van der Waals surface area contributed by atoms with Crippen molar-refractivity contribution in [3.05, 3.63) is 13.0 Å². The van der Waals surface area contributed by atoms with Crippen molar-refractivity contribution in [2.45, 2.75) is 0 Å². The minimum Gasteiger partial charge on any atom is -0.379 e. The Morgan fingerprint density at radius 2 is 2.10 bits per heavy atom. The Bertz CT molecular complexity index is 81.7. The summed E-state index contributed by atoms with van der Waals surface area (Å²) in [5.41, 5.74) is 6.78. The van der Waals surface area contributed by atoms with Crippen molar-refractivity contribution in [3.63, 3.8) is 0 Å². The standard InChI is InChI=1S/C7H13N2O/c8-2-1-3-9-4-6-10-7-5-9/h1-2,8H,3-7H2. The van der Waals surface area contributed by atoms with Crippen molar-refractivity contribution >= 4 is 0 Å². The second-order valence-electron chi connectivity index (χ2n) is 2.32. The van der Waals surface area contributed by atoms with Gasteiger partial charge >= 0.3 is 0 Å². The third kappa shape index (κ3) is 2.64. The van der Waals surface area contributed by atoms with Crippen LogP contribution in [-0.2, 0) is 4.74 Å². The molecular weight excluding hydrogens is 128 g/mol. The van der Waals surface area contributed by atoms with Gasteiger partial charge in [-0.1, -0.05) is 0 Å². The van der Waals surface area contributed by atoms with E-state index in [0.717, 1.165) is 32.8 Å². The number of hydrogen-bond acceptors (Lipinski definition) is 2. The minimum atomic E-state index is 0.839. The van der Waals surface area contributed by atoms with Gasteiger partial charge in [-0.05, 0) is 6.42 Å². The molecule has 0 aromatic heterocycles. The van der Waals surface area contributed by atoms with Gasteiger partial charge in [-0.2, -0.15) is 0 Å². The predicted octanol–water partition coefficient (Wildman–Crippen LogP) is -0.0324. The first-order chi connectivity index (χ1) is 4.93. The summed E-state index contributed by atoms with van der Waals surface area (Å²) in [6.45, 7) is 5.93. The second kappa shape index (κ2) is 4.66. The molecule has 1 N–H and O–H groups in total. The molecule has 3 heteroatoms. The molecule has 0 unspecified atom stereocenters. The van der Waals surface area contributed by atoms with Crippen LogP contribution in [0, 0.1) is 13.0 Å². The van der Waals surface area contributed by atoms with Gasteiger partial charge in [-0.3, -0.25) is 10.6 Å². The highest BCUT2D eigenvalue weighted by Crippen LogP contribution is 1.96. The van der Waals surface area contributed by atoms with Crippen LogP contribution < -0.4 is 5.73 Å². The van der Waals surface area contributed by atoms with Crippen molar-refractivity contribution in [1.29, 1.82) is 0 Å². The highest BCUT2D eigenvalue weighted by Gasteiger charge is 2.08. The maximum atomic E-state index is 6.78. The summed E-state index contributed by atoms with van der Waals surface area (Å²) in [6.07, 6.45) is 1.85. The average molecular weight is 141 g/mol. The van der Waals surface area contributed by atoms with E-state index in [9.17, 15) is 0 Å². The second-order valence-corrected chi connectivity index (χ2v) is 2.32. The molecule has 0 bridgehead atoms. The van der Waals surface area contributed by atoms with Gasteiger partial charge in [-0.15, -0.1) is 0 Å². The van der Waals surface area contributed by atoms with Crippen LogP contribution in [0.3, 0.4) is 0 Å². The van der Waals surface area contributed by atoms with E-state index in [-0.39, 0.29) is 0 Å². The van der Waals surface area contributed by atoms with E-state index in [4.69, 9.17) is 10.5 Å². The van der Waals surface area contributed by atoms with Crippen molar-refractivity contribution in [2.24, 2.45) is 0 Å². The summed E-state index contributed by atoms with van der Waals surface area (Å²) in [5.74, 6) is 0. The molecule has 1 fully saturated rings. The van der Waals surface area contributed by atoms with Crippen LogP contribution in [0.1, 0.15) is 0 Å². The minimum absolute atomic E-state index is 0.839. The quantitative estimate of drug-likeness (QED) is 0.553. The van der Waals surface area contributed by atoms with Crippen LogP contribution in [0.2, 0.25) is 0 Å². The van der Waals surface area contributed by atoms with Gasteiger partial charge in [0.15, 0.2) is 0 Å². The lowest BCUT2D eigenvalue weighted by Gasteiger charge is -2.25. The van der Waals surface area contributed by atoms with E-state index in [1.54, 1.807) is 0 Å². The van der Waals surface area contributed by atoms with E-state index < -0.39 is 0 Å². The lowest BCUT2D eigenvalue weighted by molar-refractivity contribution is 0.0420. The highest BCUT2D eigenvalue weighted by atomic mass is 16.5. The summed E-state index contributed by atoms with van der Waals surface area (Å²) < 4.78 is 5.17. The molecule has 0 aromatic rings. The third-order valence-electron chi connectivity index (χ3n) is 1.59. The van der Waals surface area contributed by atoms with Gasteiger partial charge in [0.1, 0.15) is 0 Å². The Balaban J connectivity index is 2.02. The number of ether oxygens (including phenoxy) is 1. The molecule has 1 heterocycles. The van der Waals surface area contributed by atoms with Crippen LogP contribution in [-0.4, -0.2) is 37.7 Å². The molecule has 0 aliphatic carbocycles. The first-order valence-electron chi connectivity index (χ1n) is 3.56. The molecule has 10 heavy (non-hydrogen) atoms. The zero-order chi connectivity index (χ0) is 7.23. The maximum Gasteiger partial charge on any atom is 0.0594 e. The van der Waals surface area contributed by atoms with Gasteiger partial charge in [0, 0.05) is 26.2 Å². The highest BCUT2D eigenvalue weighted by molar-refractivity contribution is 4.81. The third-order valence-corrected chi connectivity index (χ3v) is 1.59. The van der Waals surface area contributed by atoms with E-state index in [1.807, 2.05) is 6.42 Å². The molecular formula is C7H13N2O. The van der Waals surface area contributed by atoms with Crippen LogP contribution in [0.15, 0.2) is 0 Å². The number of nitrogens with zero attached hydrogens (tertiary/aromatic N) is 1. The summed E-state index contributed by atoms with van der Waals surface area (Å²) in [4.78, 5) is 2.27. The number of morpholine rings is 1. The molecule has 1 saturated heterocycles. The van der Waals surface area contributed by atoms with E-state index in [2.05, 4.69) is 4.90 Å². The van der Waals surface area contributed by atoms with Crippen molar-refractivity contribution in [1.82, 2.24) is 10.6 Å². The smallest absolute Gasteiger partial charge is 0.0594 e. The summed E-state index contributed by atoms with van der Waals surface area (Å²) in [6, 6.07) is 0. The zero-order valence-corrected chi connectivity index (χ0v) is 6.05. The SMILES string of the molecule is [NH][CH][CH]CN1CCOCC1. The fourth-order valence-corrected chi connectivity index (χ4v) is 0.986. The maximum absolute atomic E-state index is 6.78. The van der Waals surface area contributed by atoms with Gasteiger partial charge in [-0.25, -0.2) is 0 Å². The van der Waals surface area contributed by atoms with E-state index in [1.165, 1.54) is 6.54 Å². The Hall–Kier alpha value is -0.120. The van der Waals surface area contributed by atoms with Crippen molar-refractivity contribution in [3.8, 4) is 0 Å². The summed E-state index contributed by atoms with van der Waals surface area (Å²) >= 11 is 0. The van der Waals surface area contributed by atoms with Crippen molar-refractivity contribution in [2.75, 3.05) is 32.8 Å². The average Bonchev–Trinajstić information content (AvgIpc) is 2.03. The molecule has 3 nitrogen and oxygen atoms in total. The van der Waals surface area contributed by atoms with Gasteiger partial charge in [0.05, 0.1) is 13.2 Å². The van der Waals surface area contributed by atoms with Gasteiger partial charge in [0.2, 0.25) is 0 Å². The Labute approximate surface area is 62.1 Å². The van der Waals surface area contributed by atoms with E-state index in [0.29, 0.717) is 0 Å². The topological polar surface area (TPSA) is 36.3 Å². The van der Waals surface area contributed by atoms with Crippen LogP contribution in [0.5, 0.6) is 0 Å². The number of nitrogens with one attached hydrogen (secondary N) is 1. The summed E-state index contributed by atoms with van der Waals surface area (Å²) in [7, 11) is 0. The van der Waals surface area contributed by atoms with Crippen LogP contribution in [0.25, 0.3) is 0 Å². The summed E-state index contributed by atoms with van der Waals surface area (Å²) in [5, 5.41) is 0. The van der Waals surface area contributed by atoms with Gasteiger partial charge in [0.25, 0.3) is 0 Å². The zero-order valence-electron chi connectivity index (χ0n) is 6.05. The molecule has 3 radical (unpaired) electrons. The lowest BCUT2D eigenvalue weighted by atomic mass is 10.3. The number of rotatable bonds is 3. The fraction of sp³-hybridized carbons (Fsp3) is 0.714. The molecule has 0 atom stereocenters. The Kier molecular flexibility index (Phi) is 3.72. The Morgan fingerprint density at radius 3 is 2.70 bits per heavy atom. The van der Waals surface area contributed by atoms with Crippen LogP contribution >= 0.6 is 0 Å². The van der Waals surface area contributed by atoms with Crippen molar-refractivity contribution < 1.29 is 4.74 Å². The molecule has 1 aliphatic heterocycles. The lowest BCUT2D eigenvalue weighted by Crippen LogP contribution is -2.37. The predicted molar refractivity (Wildman–Crippen MR) is 39.0 cm³/mol. The van der Waals surface area contributed by atoms with E-state index >= 15 is 0 Å². The molecule has 1 aliphatic rings.